The topological polar surface area (TPSA) is 0 Å². The molecular formula is C10H15I2N. The smallest absolute Gasteiger partial charge is 0.129 e. The lowest BCUT2D eigenvalue weighted by Crippen LogP contribution is -3.00. The molecule has 0 unspecified atom stereocenters. The van der Waals surface area contributed by atoms with Gasteiger partial charge in [0.05, 0.1) is 14.1 Å². The molecule has 0 radical (unpaired) electrons. The van der Waals surface area contributed by atoms with Crippen LogP contribution in [0.15, 0.2) is 30.3 Å². The van der Waals surface area contributed by atoms with Gasteiger partial charge in [-0.2, -0.15) is 0 Å². The Morgan fingerprint density at radius 2 is 1.69 bits per heavy atom. The molecule has 0 N–H and O–H groups in total. The number of quaternary nitrogens is 1. The lowest BCUT2D eigenvalue weighted by molar-refractivity contribution is -0.887. The molecule has 0 bridgehead atoms. The molecule has 0 fully saturated rings. The van der Waals surface area contributed by atoms with Crippen LogP contribution in [0.4, 0.5) is 0 Å². The number of halogens is 2. The van der Waals surface area contributed by atoms with Crippen molar-refractivity contribution >= 4 is 22.6 Å². The SMILES string of the molecule is C[N+](C)(CI)Cc1ccccc1.[I-]. The fourth-order valence-electron chi connectivity index (χ4n) is 1.12. The van der Waals surface area contributed by atoms with Crippen LogP contribution >= 0.6 is 22.6 Å². The summed E-state index contributed by atoms with van der Waals surface area (Å²) in [5, 5.41) is 0. The Kier molecular flexibility index (Phi) is 6.49. The van der Waals surface area contributed by atoms with E-state index in [1.807, 2.05) is 0 Å². The minimum absolute atomic E-state index is 0. The zero-order valence-electron chi connectivity index (χ0n) is 8.00. The maximum atomic E-state index is 2.43. The first-order valence-corrected chi connectivity index (χ1v) is 5.58. The molecule has 0 saturated heterocycles. The fraction of sp³-hybridized carbons (Fsp3) is 0.400. The molecule has 1 rings (SSSR count). The van der Waals surface area contributed by atoms with Crippen molar-refractivity contribution in [3.05, 3.63) is 35.9 Å². The van der Waals surface area contributed by atoms with Gasteiger partial charge in [0, 0.05) is 5.56 Å². The summed E-state index contributed by atoms with van der Waals surface area (Å²) in [5.74, 6) is 0. The summed E-state index contributed by atoms with van der Waals surface area (Å²) >= 11 is 2.43. The Labute approximate surface area is 111 Å². The van der Waals surface area contributed by atoms with Crippen molar-refractivity contribution < 1.29 is 28.5 Å². The average Bonchev–Trinajstić information content (AvgIpc) is 2.06. The van der Waals surface area contributed by atoms with Crippen molar-refractivity contribution in [1.82, 2.24) is 0 Å². The van der Waals surface area contributed by atoms with Gasteiger partial charge in [0.15, 0.2) is 0 Å². The fourth-order valence-corrected chi connectivity index (χ4v) is 1.36. The lowest BCUT2D eigenvalue weighted by Gasteiger charge is -2.27. The summed E-state index contributed by atoms with van der Waals surface area (Å²) in [4.78, 5) is 0. The van der Waals surface area contributed by atoms with Crippen LogP contribution in [0.25, 0.3) is 0 Å². The molecule has 0 aliphatic rings. The Hall–Kier alpha value is 0.640. The van der Waals surface area contributed by atoms with Crippen LogP contribution in [0.1, 0.15) is 5.56 Å². The van der Waals surface area contributed by atoms with E-state index in [4.69, 9.17) is 0 Å². The third-order valence-corrected chi connectivity index (χ3v) is 3.62. The van der Waals surface area contributed by atoms with E-state index in [0.29, 0.717) is 0 Å². The quantitative estimate of drug-likeness (QED) is 0.281. The van der Waals surface area contributed by atoms with E-state index < -0.39 is 0 Å². The first kappa shape index (κ1) is 13.6. The van der Waals surface area contributed by atoms with Gasteiger partial charge in [0.1, 0.15) is 11.1 Å². The molecule has 0 heterocycles. The predicted molar refractivity (Wildman–Crippen MR) is 61.1 cm³/mol. The summed E-state index contributed by atoms with van der Waals surface area (Å²) in [6.07, 6.45) is 0. The highest BCUT2D eigenvalue weighted by Crippen LogP contribution is 2.10. The molecule has 1 aromatic carbocycles. The lowest BCUT2D eigenvalue weighted by atomic mass is 10.2. The first-order chi connectivity index (χ1) is 5.64. The molecule has 1 nitrogen and oxygen atoms in total. The zero-order chi connectivity index (χ0) is 9.03. The van der Waals surface area contributed by atoms with Gasteiger partial charge in [-0.25, -0.2) is 0 Å². The second kappa shape index (κ2) is 6.19. The molecule has 13 heavy (non-hydrogen) atoms. The highest BCUT2D eigenvalue weighted by molar-refractivity contribution is 14.1. The van der Waals surface area contributed by atoms with E-state index in [1.165, 1.54) is 5.56 Å². The van der Waals surface area contributed by atoms with E-state index in [9.17, 15) is 0 Å². The number of nitrogens with zero attached hydrogens (tertiary/aromatic N) is 1. The van der Waals surface area contributed by atoms with E-state index >= 15 is 0 Å². The molecule has 0 atom stereocenters. The summed E-state index contributed by atoms with van der Waals surface area (Å²) < 4.78 is 2.19. The van der Waals surface area contributed by atoms with Crippen molar-refractivity contribution in [2.24, 2.45) is 0 Å². The first-order valence-electron chi connectivity index (χ1n) is 4.06. The normalized spacial score (nSPS) is 10.7. The van der Waals surface area contributed by atoms with Crippen LogP contribution in [0.3, 0.4) is 0 Å². The molecule has 0 amide bonds. The Morgan fingerprint density at radius 1 is 1.15 bits per heavy atom. The highest BCUT2D eigenvalue weighted by Gasteiger charge is 2.12. The number of alkyl halides is 1. The molecule has 3 heteroatoms. The van der Waals surface area contributed by atoms with Crippen LogP contribution in [0, 0.1) is 0 Å². The van der Waals surface area contributed by atoms with E-state index in [2.05, 4.69) is 67.0 Å². The van der Waals surface area contributed by atoms with Crippen molar-refractivity contribution in [2.75, 3.05) is 18.6 Å². The molecule has 74 valence electrons. The van der Waals surface area contributed by atoms with Gasteiger partial charge in [-0.15, -0.1) is 0 Å². The minimum Gasteiger partial charge on any atom is -1.00 e. The van der Waals surface area contributed by atoms with Gasteiger partial charge in [-0.05, 0) is 22.6 Å². The van der Waals surface area contributed by atoms with Crippen LogP contribution in [-0.4, -0.2) is 23.1 Å². The van der Waals surface area contributed by atoms with Gasteiger partial charge < -0.3 is 28.5 Å². The van der Waals surface area contributed by atoms with Gasteiger partial charge in [-0.1, -0.05) is 30.3 Å². The summed E-state index contributed by atoms with van der Waals surface area (Å²) in [5.41, 5.74) is 1.42. The molecule has 1 aromatic rings. The van der Waals surface area contributed by atoms with Crippen molar-refractivity contribution in [1.29, 1.82) is 0 Å². The molecule has 0 aliphatic heterocycles. The number of rotatable bonds is 3. The number of benzene rings is 1. The third kappa shape index (κ3) is 5.17. The second-order valence-electron chi connectivity index (χ2n) is 3.70. The van der Waals surface area contributed by atoms with Crippen molar-refractivity contribution in [3.8, 4) is 0 Å². The largest absolute Gasteiger partial charge is 1.00 e. The third-order valence-electron chi connectivity index (χ3n) is 1.78. The van der Waals surface area contributed by atoms with Gasteiger partial charge in [-0.3, -0.25) is 0 Å². The highest BCUT2D eigenvalue weighted by atomic mass is 127. The predicted octanol–water partition coefficient (Wildman–Crippen LogP) is -0.341. The summed E-state index contributed by atoms with van der Waals surface area (Å²) in [6.45, 7) is 1.11. The summed E-state index contributed by atoms with van der Waals surface area (Å²) in [6, 6.07) is 10.6. The standard InChI is InChI=1S/C10H15IN.HI/c1-12(2,9-11)8-10-6-4-3-5-7-10;/h3-7H,8-9H2,1-2H3;1H/q+1;/p-1. The summed E-state index contributed by atoms with van der Waals surface area (Å²) in [7, 11) is 4.50. The van der Waals surface area contributed by atoms with E-state index in [0.717, 1.165) is 15.6 Å². The van der Waals surface area contributed by atoms with Crippen LogP contribution in [-0.2, 0) is 6.54 Å². The molecule has 0 aliphatic carbocycles. The van der Waals surface area contributed by atoms with E-state index in [1.54, 1.807) is 0 Å². The molecule has 0 saturated carbocycles. The van der Waals surface area contributed by atoms with Gasteiger partial charge in [0.25, 0.3) is 0 Å². The Bertz CT molecular complexity index is 234. The average molecular weight is 403 g/mol. The van der Waals surface area contributed by atoms with Crippen LogP contribution in [0.5, 0.6) is 0 Å². The Morgan fingerprint density at radius 3 is 2.15 bits per heavy atom. The maximum Gasteiger partial charge on any atom is 0.129 e. The number of hydrogen-bond donors (Lipinski definition) is 0. The molecular weight excluding hydrogens is 388 g/mol. The van der Waals surface area contributed by atoms with E-state index in [-0.39, 0.29) is 24.0 Å². The van der Waals surface area contributed by atoms with Gasteiger partial charge >= 0.3 is 0 Å². The monoisotopic (exact) mass is 403 g/mol. The van der Waals surface area contributed by atoms with Crippen molar-refractivity contribution in [3.63, 3.8) is 0 Å². The zero-order valence-corrected chi connectivity index (χ0v) is 12.3. The van der Waals surface area contributed by atoms with Crippen molar-refractivity contribution in [2.45, 2.75) is 6.54 Å². The minimum atomic E-state index is 0. The van der Waals surface area contributed by atoms with Crippen LogP contribution < -0.4 is 24.0 Å². The number of hydrogen-bond acceptors (Lipinski definition) is 0. The molecule has 0 spiro atoms. The second-order valence-corrected chi connectivity index (χ2v) is 4.38. The molecule has 0 aromatic heterocycles. The Balaban J connectivity index is 0.00000144. The maximum absolute atomic E-state index is 2.43. The van der Waals surface area contributed by atoms with Crippen LogP contribution in [0.2, 0.25) is 0 Å². The van der Waals surface area contributed by atoms with Gasteiger partial charge in [0.2, 0.25) is 0 Å².